The van der Waals surface area contributed by atoms with Gasteiger partial charge in [0.2, 0.25) is 0 Å². The van der Waals surface area contributed by atoms with Gasteiger partial charge < -0.3 is 4.74 Å². The van der Waals surface area contributed by atoms with Crippen molar-refractivity contribution < 1.29 is 9.53 Å². The zero-order valence-electron chi connectivity index (χ0n) is 6.03. The smallest absolute Gasteiger partial charge is 0.413 e. The summed E-state index contributed by atoms with van der Waals surface area (Å²) < 4.78 is 4.63. The van der Waals surface area contributed by atoms with Gasteiger partial charge in [0.15, 0.2) is 5.13 Å². The Morgan fingerprint density at radius 2 is 2.73 bits per heavy atom. The van der Waals surface area contributed by atoms with Crippen molar-refractivity contribution in [2.24, 2.45) is 0 Å². The molecule has 1 aromatic heterocycles. The van der Waals surface area contributed by atoms with Crippen LogP contribution in [0.2, 0.25) is 0 Å². The number of anilines is 1. The second-order valence-corrected chi connectivity index (χ2v) is 2.58. The highest BCUT2D eigenvalue weighted by Crippen LogP contribution is 2.09. The van der Waals surface area contributed by atoms with Gasteiger partial charge in [0.05, 0.1) is 6.61 Å². The predicted molar refractivity (Wildman–Crippen MR) is 42.8 cm³/mol. The zero-order chi connectivity index (χ0) is 8.10. The van der Waals surface area contributed by atoms with Crippen molar-refractivity contribution in [1.29, 1.82) is 0 Å². The number of carbonyl (C=O) groups is 1. The van der Waals surface area contributed by atoms with E-state index >= 15 is 0 Å². The molecular weight excluding hydrogens is 164 g/mol. The lowest BCUT2D eigenvalue weighted by Gasteiger charge is -1.99. The molecule has 0 bridgehead atoms. The van der Waals surface area contributed by atoms with Crippen LogP contribution in [0, 0.1) is 0 Å². The summed E-state index contributed by atoms with van der Waals surface area (Å²) >= 11 is 1.35. The standard InChI is InChI=1S/C6H8N2O2S/c1-2-10-6(9)8-5-7-3-4-11-5/h3-4H,2H2,1H3,(H,7,8,9). The Hall–Kier alpha value is -1.10. The summed E-state index contributed by atoms with van der Waals surface area (Å²) in [5.41, 5.74) is 0. The van der Waals surface area contributed by atoms with E-state index in [1.807, 2.05) is 0 Å². The molecule has 11 heavy (non-hydrogen) atoms. The summed E-state index contributed by atoms with van der Waals surface area (Å²) in [6, 6.07) is 0. The van der Waals surface area contributed by atoms with Gasteiger partial charge in [-0.25, -0.2) is 9.78 Å². The van der Waals surface area contributed by atoms with E-state index in [9.17, 15) is 4.79 Å². The molecule has 0 radical (unpaired) electrons. The first kappa shape index (κ1) is 8.00. The van der Waals surface area contributed by atoms with Gasteiger partial charge in [-0.2, -0.15) is 0 Å². The fourth-order valence-electron chi connectivity index (χ4n) is 0.540. The molecule has 0 aliphatic rings. The molecule has 0 atom stereocenters. The van der Waals surface area contributed by atoms with Gasteiger partial charge in [-0.1, -0.05) is 0 Å². The fourth-order valence-corrected chi connectivity index (χ4v) is 1.05. The van der Waals surface area contributed by atoms with E-state index in [-0.39, 0.29) is 0 Å². The molecule has 0 aliphatic heterocycles. The third-order valence-electron chi connectivity index (χ3n) is 0.917. The SMILES string of the molecule is CCOC(=O)Nc1nccs1. The van der Waals surface area contributed by atoms with Gasteiger partial charge in [0.25, 0.3) is 0 Å². The van der Waals surface area contributed by atoms with E-state index in [2.05, 4.69) is 15.0 Å². The number of hydrogen-bond donors (Lipinski definition) is 1. The van der Waals surface area contributed by atoms with Crippen LogP contribution < -0.4 is 5.32 Å². The van der Waals surface area contributed by atoms with Crippen molar-refractivity contribution in [2.45, 2.75) is 6.92 Å². The number of aromatic nitrogens is 1. The van der Waals surface area contributed by atoms with Crippen LogP contribution in [0.3, 0.4) is 0 Å². The van der Waals surface area contributed by atoms with E-state index in [0.717, 1.165) is 0 Å². The summed E-state index contributed by atoms with van der Waals surface area (Å²) in [6.45, 7) is 2.12. The van der Waals surface area contributed by atoms with Crippen LogP contribution in [0.5, 0.6) is 0 Å². The molecule has 1 aromatic rings. The first-order chi connectivity index (χ1) is 5.33. The van der Waals surface area contributed by atoms with Crippen LogP contribution >= 0.6 is 11.3 Å². The molecule has 0 aromatic carbocycles. The minimum absolute atomic E-state index is 0.372. The topological polar surface area (TPSA) is 51.2 Å². The molecule has 0 saturated heterocycles. The lowest BCUT2D eigenvalue weighted by atomic mass is 10.8. The summed E-state index contributed by atoms with van der Waals surface area (Å²) in [5.74, 6) is 0. The molecule has 0 unspecified atom stereocenters. The maximum absolute atomic E-state index is 10.7. The lowest BCUT2D eigenvalue weighted by molar-refractivity contribution is 0.168. The molecule has 1 rings (SSSR count). The third-order valence-corrected chi connectivity index (χ3v) is 1.61. The molecule has 0 spiro atoms. The highest BCUT2D eigenvalue weighted by Gasteiger charge is 2.01. The fraction of sp³-hybridized carbons (Fsp3) is 0.333. The van der Waals surface area contributed by atoms with Gasteiger partial charge in [-0.15, -0.1) is 11.3 Å². The number of hydrogen-bond acceptors (Lipinski definition) is 4. The number of carbonyl (C=O) groups excluding carboxylic acids is 1. The Kier molecular flexibility index (Phi) is 2.85. The molecule has 0 fully saturated rings. The molecule has 1 heterocycles. The Labute approximate surface area is 68.2 Å². The van der Waals surface area contributed by atoms with Crippen LogP contribution in [0.15, 0.2) is 11.6 Å². The van der Waals surface area contributed by atoms with Gasteiger partial charge in [0, 0.05) is 11.6 Å². The van der Waals surface area contributed by atoms with Crippen LogP contribution in [0.25, 0.3) is 0 Å². The molecule has 1 N–H and O–H groups in total. The van der Waals surface area contributed by atoms with Gasteiger partial charge in [-0.3, -0.25) is 5.32 Å². The largest absolute Gasteiger partial charge is 0.450 e. The van der Waals surface area contributed by atoms with Gasteiger partial charge in [0.1, 0.15) is 0 Å². The molecule has 0 aliphatic carbocycles. The highest BCUT2D eigenvalue weighted by atomic mass is 32.1. The Morgan fingerprint density at radius 3 is 3.27 bits per heavy atom. The van der Waals surface area contributed by atoms with Crippen molar-refractivity contribution in [3.63, 3.8) is 0 Å². The Balaban J connectivity index is 2.37. The first-order valence-corrected chi connectivity index (χ1v) is 4.04. The number of amides is 1. The average Bonchev–Trinajstić information content (AvgIpc) is 2.40. The maximum atomic E-state index is 10.7. The average molecular weight is 172 g/mol. The van der Waals surface area contributed by atoms with E-state index < -0.39 is 6.09 Å². The number of ether oxygens (including phenoxy) is 1. The second kappa shape index (κ2) is 3.92. The summed E-state index contributed by atoms with van der Waals surface area (Å²) in [4.78, 5) is 14.6. The van der Waals surface area contributed by atoms with Crippen molar-refractivity contribution in [1.82, 2.24) is 4.98 Å². The number of rotatable bonds is 2. The Bertz CT molecular complexity index is 222. The number of thiazole rings is 1. The zero-order valence-corrected chi connectivity index (χ0v) is 6.85. The van der Waals surface area contributed by atoms with Crippen LogP contribution in [0.1, 0.15) is 6.92 Å². The minimum Gasteiger partial charge on any atom is -0.450 e. The van der Waals surface area contributed by atoms with E-state index in [4.69, 9.17) is 0 Å². The normalized spacial score (nSPS) is 9.18. The van der Waals surface area contributed by atoms with Gasteiger partial charge in [-0.05, 0) is 6.92 Å². The van der Waals surface area contributed by atoms with E-state index in [1.54, 1.807) is 18.5 Å². The second-order valence-electron chi connectivity index (χ2n) is 1.68. The van der Waals surface area contributed by atoms with Crippen molar-refractivity contribution in [2.75, 3.05) is 11.9 Å². The molecule has 60 valence electrons. The summed E-state index contributed by atoms with van der Waals surface area (Å²) in [5, 5.41) is 4.81. The number of nitrogens with zero attached hydrogens (tertiary/aromatic N) is 1. The molecule has 5 heteroatoms. The molecule has 1 amide bonds. The quantitative estimate of drug-likeness (QED) is 0.738. The van der Waals surface area contributed by atoms with Crippen molar-refractivity contribution in [3.8, 4) is 0 Å². The monoisotopic (exact) mass is 172 g/mol. The molecular formula is C6H8N2O2S. The summed E-state index contributed by atoms with van der Waals surface area (Å²) in [6.07, 6.45) is 1.16. The third kappa shape index (κ3) is 2.55. The lowest BCUT2D eigenvalue weighted by Crippen LogP contribution is -2.12. The van der Waals surface area contributed by atoms with E-state index in [0.29, 0.717) is 11.7 Å². The number of nitrogens with one attached hydrogen (secondary N) is 1. The maximum Gasteiger partial charge on any atom is 0.413 e. The van der Waals surface area contributed by atoms with Crippen molar-refractivity contribution >= 4 is 22.6 Å². The van der Waals surface area contributed by atoms with Gasteiger partial charge >= 0.3 is 6.09 Å². The minimum atomic E-state index is -0.456. The molecule has 0 saturated carbocycles. The predicted octanol–water partition coefficient (Wildman–Crippen LogP) is 1.71. The van der Waals surface area contributed by atoms with E-state index in [1.165, 1.54) is 11.3 Å². The molecule has 4 nitrogen and oxygen atoms in total. The van der Waals surface area contributed by atoms with Crippen LogP contribution in [0.4, 0.5) is 9.93 Å². The van der Waals surface area contributed by atoms with Crippen LogP contribution in [-0.2, 0) is 4.74 Å². The van der Waals surface area contributed by atoms with Crippen LogP contribution in [-0.4, -0.2) is 17.7 Å². The first-order valence-electron chi connectivity index (χ1n) is 3.16. The summed E-state index contributed by atoms with van der Waals surface area (Å²) in [7, 11) is 0. The Morgan fingerprint density at radius 1 is 1.91 bits per heavy atom. The highest BCUT2D eigenvalue weighted by molar-refractivity contribution is 7.13. The van der Waals surface area contributed by atoms with Crippen molar-refractivity contribution in [3.05, 3.63) is 11.6 Å².